The third kappa shape index (κ3) is 6.68. The maximum Gasteiger partial charge on any atom is 0.247 e. The summed E-state index contributed by atoms with van der Waals surface area (Å²) in [5.41, 5.74) is 4.88. The number of hydrogen-bond acceptors (Lipinski definition) is 7. The molecule has 0 saturated carbocycles. The van der Waals surface area contributed by atoms with Gasteiger partial charge in [0.05, 0.1) is 57.1 Å². The van der Waals surface area contributed by atoms with Crippen molar-refractivity contribution in [2.75, 3.05) is 70.1 Å². The lowest BCUT2D eigenvalue weighted by Crippen LogP contribution is -2.51. The first-order chi connectivity index (χ1) is 21.1. The fourth-order valence-electron chi connectivity index (χ4n) is 5.60. The van der Waals surface area contributed by atoms with E-state index >= 15 is 0 Å². The molecule has 2 aromatic carbocycles. The van der Waals surface area contributed by atoms with Gasteiger partial charge < -0.3 is 29.3 Å². The van der Waals surface area contributed by atoms with Crippen LogP contribution in [0.1, 0.15) is 12.8 Å². The van der Waals surface area contributed by atoms with Crippen LogP contribution in [0.2, 0.25) is 0 Å². The van der Waals surface area contributed by atoms with Crippen LogP contribution in [0.15, 0.2) is 67.5 Å². The van der Waals surface area contributed by atoms with Crippen LogP contribution in [0.3, 0.4) is 0 Å². The highest BCUT2D eigenvalue weighted by Crippen LogP contribution is 2.38. The number of quaternary nitrogens is 1. The van der Waals surface area contributed by atoms with Crippen LogP contribution in [0.5, 0.6) is 5.75 Å². The molecule has 2 N–H and O–H groups in total. The van der Waals surface area contributed by atoms with E-state index in [1.54, 1.807) is 13.3 Å². The van der Waals surface area contributed by atoms with E-state index in [4.69, 9.17) is 9.72 Å². The van der Waals surface area contributed by atoms with Crippen molar-refractivity contribution in [3.63, 3.8) is 0 Å². The average molecular weight is 598 g/mol. The van der Waals surface area contributed by atoms with Gasteiger partial charge in [0.25, 0.3) is 0 Å². The fraction of sp³-hybridized carbons (Fsp3) is 0.333. The highest BCUT2D eigenvalue weighted by atomic mass is 16.5. The molecular weight excluding hydrogens is 556 g/mol. The molecule has 11 nitrogen and oxygen atoms in total. The molecule has 0 unspecified atom stereocenters. The smallest absolute Gasteiger partial charge is 0.247 e. The molecule has 11 heteroatoms. The standard InChI is InChI=1S/C33H40N8O3/c1-7-31(42)35-26-19-27(37-33-34-15-14-25(36-33)24-21-39(3)28-12-9-8-11-23(24)28)30(44-6)20-29(26)38(2)17-18-41(4,5)22-40-16-10-13-32(40)43/h7-9,11-12,14-15,19-21H,1,10,13,16-18,22H2,2-6H3,(H-,34,35,36,37,42)/p+1. The van der Waals surface area contributed by atoms with Crippen molar-refractivity contribution < 1.29 is 18.8 Å². The zero-order valence-corrected chi connectivity index (χ0v) is 26.1. The lowest BCUT2D eigenvalue weighted by atomic mass is 10.1. The van der Waals surface area contributed by atoms with Crippen LogP contribution in [0, 0.1) is 0 Å². The quantitative estimate of drug-likeness (QED) is 0.182. The minimum Gasteiger partial charge on any atom is -0.494 e. The number of aryl methyl sites for hydroxylation is 1. The Balaban J connectivity index is 1.41. The molecule has 3 heterocycles. The number of benzene rings is 2. The SMILES string of the molecule is C=CC(=O)Nc1cc(Nc2nccc(-c3cn(C)c4ccccc34)n2)c(OC)cc1N(C)CC[N+](C)(C)CN1CCCC1=O. The zero-order valence-electron chi connectivity index (χ0n) is 26.1. The number of likely N-dealkylation sites (tertiary alicyclic amines) is 1. The van der Waals surface area contributed by atoms with E-state index in [1.807, 2.05) is 49.3 Å². The fourth-order valence-corrected chi connectivity index (χ4v) is 5.60. The monoisotopic (exact) mass is 597 g/mol. The van der Waals surface area contributed by atoms with Gasteiger partial charge >= 0.3 is 0 Å². The average Bonchev–Trinajstić information content (AvgIpc) is 3.57. The number of ether oxygens (including phenoxy) is 1. The van der Waals surface area contributed by atoms with Crippen molar-refractivity contribution in [2.45, 2.75) is 12.8 Å². The minimum atomic E-state index is -0.325. The number of amides is 2. The largest absolute Gasteiger partial charge is 0.494 e. The molecule has 0 radical (unpaired) electrons. The normalized spacial score (nSPS) is 13.3. The highest BCUT2D eigenvalue weighted by Gasteiger charge is 2.28. The van der Waals surface area contributed by atoms with Crippen molar-refractivity contribution >= 4 is 45.7 Å². The Labute approximate surface area is 258 Å². The number of rotatable bonds is 12. The van der Waals surface area contributed by atoms with Gasteiger partial charge in [-0.2, -0.15) is 0 Å². The Bertz CT molecular complexity index is 1700. The Morgan fingerprint density at radius 3 is 2.73 bits per heavy atom. The van der Waals surface area contributed by atoms with Gasteiger partial charge in [0.1, 0.15) is 5.75 Å². The van der Waals surface area contributed by atoms with Crippen molar-refractivity contribution in [2.24, 2.45) is 7.05 Å². The van der Waals surface area contributed by atoms with Gasteiger partial charge in [0.15, 0.2) is 6.67 Å². The molecule has 1 aliphatic rings. The first-order valence-corrected chi connectivity index (χ1v) is 14.7. The maximum atomic E-state index is 12.5. The number of fused-ring (bicyclic) bond motifs is 1. The maximum absolute atomic E-state index is 12.5. The predicted octanol–water partition coefficient (Wildman–Crippen LogP) is 4.60. The summed E-state index contributed by atoms with van der Waals surface area (Å²) in [6.07, 6.45) is 6.57. The van der Waals surface area contributed by atoms with Crippen LogP contribution in [-0.2, 0) is 16.6 Å². The summed E-state index contributed by atoms with van der Waals surface area (Å²) in [5.74, 6) is 0.859. The minimum absolute atomic E-state index is 0.221. The Hall–Kier alpha value is -4.90. The van der Waals surface area contributed by atoms with Gasteiger partial charge in [-0.05, 0) is 30.7 Å². The summed E-state index contributed by atoms with van der Waals surface area (Å²) in [6, 6.07) is 13.8. The highest BCUT2D eigenvalue weighted by molar-refractivity contribution is 6.02. The molecule has 0 spiro atoms. The van der Waals surface area contributed by atoms with Crippen molar-refractivity contribution in [1.29, 1.82) is 0 Å². The summed E-state index contributed by atoms with van der Waals surface area (Å²) >= 11 is 0. The lowest BCUT2D eigenvalue weighted by Gasteiger charge is -2.35. The van der Waals surface area contributed by atoms with Crippen molar-refractivity contribution in [3.05, 3.63) is 67.5 Å². The summed E-state index contributed by atoms with van der Waals surface area (Å²) in [6.45, 7) is 6.56. The Morgan fingerprint density at radius 2 is 2.00 bits per heavy atom. The molecule has 4 aromatic rings. The van der Waals surface area contributed by atoms with Gasteiger partial charge in [0, 0.05) is 62.0 Å². The molecule has 0 atom stereocenters. The van der Waals surface area contributed by atoms with Crippen molar-refractivity contribution in [3.8, 4) is 17.0 Å². The number of hydrogen-bond donors (Lipinski definition) is 2. The number of anilines is 4. The van der Waals surface area contributed by atoms with Gasteiger partial charge in [-0.15, -0.1) is 0 Å². The first-order valence-electron chi connectivity index (χ1n) is 14.7. The number of nitrogens with one attached hydrogen (secondary N) is 2. The molecule has 0 bridgehead atoms. The molecule has 2 amide bonds. The number of likely N-dealkylation sites (N-methyl/N-ethyl adjacent to an activating group) is 2. The van der Waals surface area contributed by atoms with E-state index in [-0.39, 0.29) is 11.8 Å². The second-order valence-corrected chi connectivity index (χ2v) is 11.8. The summed E-state index contributed by atoms with van der Waals surface area (Å²) in [4.78, 5) is 37.9. The van der Waals surface area contributed by atoms with Crippen LogP contribution in [0.25, 0.3) is 22.2 Å². The third-order valence-corrected chi connectivity index (χ3v) is 8.01. The molecule has 2 aromatic heterocycles. The van der Waals surface area contributed by atoms with Gasteiger partial charge in [0.2, 0.25) is 17.8 Å². The molecule has 230 valence electrons. The second-order valence-electron chi connectivity index (χ2n) is 11.8. The lowest BCUT2D eigenvalue weighted by molar-refractivity contribution is -0.897. The van der Waals surface area contributed by atoms with Crippen LogP contribution < -0.4 is 20.3 Å². The third-order valence-electron chi connectivity index (χ3n) is 8.01. The van der Waals surface area contributed by atoms with E-state index in [2.05, 4.69) is 64.1 Å². The van der Waals surface area contributed by atoms with Crippen LogP contribution in [-0.4, -0.2) is 90.3 Å². The van der Waals surface area contributed by atoms with Gasteiger partial charge in [-0.1, -0.05) is 24.8 Å². The van der Waals surface area contributed by atoms with E-state index < -0.39 is 0 Å². The predicted molar refractivity (Wildman–Crippen MR) is 175 cm³/mol. The molecule has 1 fully saturated rings. The molecule has 0 aliphatic carbocycles. The molecule has 5 rings (SSSR count). The van der Waals surface area contributed by atoms with E-state index in [9.17, 15) is 9.59 Å². The number of carbonyl (C=O) groups is 2. The van der Waals surface area contributed by atoms with E-state index in [1.165, 1.54) is 6.08 Å². The Kier molecular flexibility index (Phi) is 8.86. The Morgan fingerprint density at radius 1 is 1.20 bits per heavy atom. The first kappa shape index (κ1) is 30.6. The summed E-state index contributed by atoms with van der Waals surface area (Å²) < 4.78 is 8.53. The molecular formula is C33H41N8O3+. The van der Waals surface area contributed by atoms with Crippen LogP contribution >= 0.6 is 0 Å². The van der Waals surface area contributed by atoms with Crippen molar-refractivity contribution in [1.82, 2.24) is 19.4 Å². The number of aromatic nitrogens is 3. The summed E-state index contributed by atoms with van der Waals surface area (Å²) in [5, 5.41) is 7.35. The zero-order chi connectivity index (χ0) is 31.4. The summed E-state index contributed by atoms with van der Waals surface area (Å²) in [7, 11) is 9.85. The van der Waals surface area contributed by atoms with E-state index in [0.717, 1.165) is 47.4 Å². The number of methoxy groups -OCH3 is 1. The molecule has 1 saturated heterocycles. The number of para-hydroxylation sites is 1. The van der Waals surface area contributed by atoms with Gasteiger partial charge in [-0.3, -0.25) is 14.5 Å². The topological polar surface area (TPSA) is 105 Å². The van der Waals surface area contributed by atoms with E-state index in [0.29, 0.717) is 47.2 Å². The number of carbonyl (C=O) groups excluding carboxylic acids is 2. The second kappa shape index (κ2) is 12.8. The number of nitrogens with zero attached hydrogens (tertiary/aromatic N) is 6. The van der Waals surface area contributed by atoms with Crippen LogP contribution in [0.4, 0.5) is 23.0 Å². The van der Waals surface area contributed by atoms with Gasteiger partial charge in [-0.25, -0.2) is 9.97 Å². The molecule has 44 heavy (non-hydrogen) atoms. The molecule has 1 aliphatic heterocycles.